The molecule has 1 aromatic heterocycles. The van der Waals surface area contributed by atoms with Gasteiger partial charge in [0.1, 0.15) is 5.82 Å². The van der Waals surface area contributed by atoms with E-state index in [0.717, 1.165) is 11.8 Å². The van der Waals surface area contributed by atoms with Crippen LogP contribution in [0.2, 0.25) is 0 Å². The minimum absolute atomic E-state index is 0.444. The zero-order valence-electron chi connectivity index (χ0n) is 9.82. The van der Waals surface area contributed by atoms with Gasteiger partial charge in [-0.25, -0.2) is 4.68 Å². The van der Waals surface area contributed by atoms with Crippen molar-refractivity contribution < 1.29 is 14.7 Å². The van der Waals surface area contributed by atoms with Crippen LogP contribution in [0.25, 0.3) is 5.69 Å². The molecule has 2 rings (SSSR count). The summed E-state index contributed by atoms with van der Waals surface area (Å²) in [5.41, 5.74) is 0.784. The fourth-order valence-electron chi connectivity index (χ4n) is 1.48. The summed E-state index contributed by atoms with van der Waals surface area (Å²) in [6.07, 6.45) is 3.08. The highest BCUT2D eigenvalue weighted by Gasteiger charge is 2.06. The summed E-state index contributed by atoms with van der Waals surface area (Å²) < 4.78 is 1.53. The molecule has 0 aliphatic carbocycles. The van der Waals surface area contributed by atoms with Crippen molar-refractivity contribution in [3.63, 3.8) is 0 Å². The molecule has 6 nitrogen and oxygen atoms in total. The third-order valence-corrected chi connectivity index (χ3v) is 2.27. The van der Waals surface area contributed by atoms with Crippen LogP contribution in [0.4, 0.5) is 5.82 Å². The van der Waals surface area contributed by atoms with Gasteiger partial charge in [0.05, 0.1) is 17.9 Å². The van der Waals surface area contributed by atoms with Crippen molar-refractivity contribution in [2.75, 3.05) is 5.32 Å². The lowest BCUT2D eigenvalue weighted by atomic mass is 10.3. The van der Waals surface area contributed by atoms with Crippen molar-refractivity contribution in [1.29, 1.82) is 0 Å². The summed E-state index contributed by atoms with van der Waals surface area (Å²) in [5.74, 6) is -1.55. The highest BCUT2D eigenvalue weighted by atomic mass is 16.4. The fraction of sp³-hybridized carbons (Fsp3) is 0. The summed E-state index contributed by atoms with van der Waals surface area (Å²) in [7, 11) is 0. The molecule has 0 radical (unpaired) electrons. The number of benzene rings is 1. The Morgan fingerprint density at radius 2 is 1.89 bits per heavy atom. The van der Waals surface area contributed by atoms with Gasteiger partial charge in [-0.1, -0.05) is 18.2 Å². The van der Waals surface area contributed by atoms with Gasteiger partial charge in [-0.05, 0) is 18.2 Å². The van der Waals surface area contributed by atoms with Gasteiger partial charge in [-0.15, -0.1) is 0 Å². The van der Waals surface area contributed by atoms with Crippen LogP contribution < -0.4 is 10.4 Å². The predicted molar refractivity (Wildman–Crippen MR) is 66.3 cm³/mol. The van der Waals surface area contributed by atoms with Gasteiger partial charge in [0.2, 0.25) is 5.91 Å². The van der Waals surface area contributed by atoms with Gasteiger partial charge in [-0.2, -0.15) is 5.10 Å². The number of para-hydroxylation sites is 1. The maximum Gasteiger partial charge on any atom is 0.249 e. The molecular formula is C13H10N3O3-. The second-order valence-corrected chi connectivity index (χ2v) is 3.61. The first-order chi connectivity index (χ1) is 9.16. The molecule has 0 aliphatic heterocycles. The van der Waals surface area contributed by atoms with Crippen molar-refractivity contribution in [3.8, 4) is 5.69 Å². The second kappa shape index (κ2) is 5.63. The molecule has 0 atom stereocenters. The molecule has 1 amide bonds. The number of carbonyl (C=O) groups is 2. The lowest BCUT2D eigenvalue weighted by Gasteiger charge is -2.07. The van der Waals surface area contributed by atoms with E-state index in [1.807, 2.05) is 30.3 Å². The van der Waals surface area contributed by atoms with E-state index in [9.17, 15) is 14.7 Å². The molecule has 0 aliphatic rings. The van der Waals surface area contributed by atoms with E-state index < -0.39 is 11.9 Å². The zero-order chi connectivity index (χ0) is 13.7. The average Bonchev–Trinajstić information content (AvgIpc) is 2.85. The largest absolute Gasteiger partial charge is 0.545 e. The molecule has 96 valence electrons. The van der Waals surface area contributed by atoms with E-state index in [1.54, 1.807) is 6.07 Å². The number of aliphatic carboxylic acids is 1. The molecule has 2 aromatic rings. The predicted octanol–water partition coefficient (Wildman–Crippen LogP) is 0.117. The maximum atomic E-state index is 11.5. The second-order valence-electron chi connectivity index (χ2n) is 3.61. The normalized spacial score (nSPS) is 10.5. The van der Waals surface area contributed by atoms with E-state index in [2.05, 4.69) is 10.4 Å². The van der Waals surface area contributed by atoms with Gasteiger partial charge >= 0.3 is 0 Å². The number of amides is 1. The van der Waals surface area contributed by atoms with Crippen LogP contribution in [0.15, 0.2) is 54.7 Å². The van der Waals surface area contributed by atoms with Gasteiger partial charge in [-0.3, -0.25) is 4.79 Å². The standard InChI is InChI=1S/C13H11N3O3/c17-12(6-7-13(18)19)15-11-8-9-14-16(11)10-4-2-1-3-5-10/h1-9H,(H,15,17)(H,18,19)/p-1/b7-6+. The lowest BCUT2D eigenvalue weighted by Crippen LogP contribution is -2.20. The molecule has 0 unspecified atom stereocenters. The molecule has 1 aromatic carbocycles. The highest BCUT2D eigenvalue weighted by Crippen LogP contribution is 2.13. The minimum Gasteiger partial charge on any atom is -0.545 e. The molecule has 6 heteroatoms. The lowest BCUT2D eigenvalue weighted by molar-refractivity contribution is -0.297. The molecule has 19 heavy (non-hydrogen) atoms. The van der Waals surface area contributed by atoms with Crippen LogP contribution in [0.1, 0.15) is 0 Å². The number of hydrogen-bond acceptors (Lipinski definition) is 4. The van der Waals surface area contributed by atoms with Crippen LogP contribution in [-0.2, 0) is 9.59 Å². The molecule has 0 saturated carbocycles. The number of aromatic nitrogens is 2. The Hall–Kier alpha value is -2.89. The van der Waals surface area contributed by atoms with E-state index in [-0.39, 0.29) is 0 Å². The van der Waals surface area contributed by atoms with Gasteiger partial charge in [0.25, 0.3) is 0 Å². The summed E-state index contributed by atoms with van der Waals surface area (Å²) in [6, 6.07) is 10.8. The van der Waals surface area contributed by atoms with E-state index >= 15 is 0 Å². The number of nitrogens with one attached hydrogen (secondary N) is 1. The molecule has 0 bridgehead atoms. The van der Waals surface area contributed by atoms with Crippen LogP contribution in [0.3, 0.4) is 0 Å². The molecular weight excluding hydrogens is 246 g/mol. The molecule has 0 fully saturated rings. The Labute approximate surface area is 109 Å². The number of carboxylic acid groups (broad SMARTS) is 1. The van der Waals surface area contributed by atoms with Gasteiger partial charge < -0.3 is 15.2 Å². The third kappa shape index (κ3) is 3.29. The quantitative estimate of drug-likeness (QED) is 0.787. The van der Waals surface area contributed by atoms with E-state index in [1.165, 1.54) is 10.9 Å². The number of nitrogens with zero attached hydrogens (tertiary/aromatic N) is 2. The molecule has 1 heterocycles. The number of carboxylic acids is 1. The molecule has 0 spiro atoms. The van der Waals surface area contributed by atoms with Crippen molar-refractivity contribution >= 4 is 17.7 Å². The maximum absolute atomic E-state index is 11.5. The van der Waals surface area contributed by atoms with Crippen LogP contribution >= 0.6 is 0 Å². The number of hydrogen-bond donors (Lipinski definition) is 1. The Balaban J connectivity index is 2.17. The van der Waals surface area contributed by atoms with Crippen molar-refractivity contribution in [3.05, 3.63) is 54.7 Å². The van der Waals surface area contributed by atoms with Crippen LogP contribution in [-0.4, -0.2) is 21.7 Å². The number of rotatable bonds is 4. The molecule has 1 N–H and O–H groups in total. The minimum atomic E-state index is -1.42. The third-order valence-electron chi connectivity index (χ3n) is 2.27. The summed E-state index contributed by atoms with van der Waals surface area (Å²) in [4.78, 5) is 21.7. The van der Waals surface area contributed by atoms with Gasteiger partial charge in [0.15, 0.2) is 0 Å². The Bertz CT molecular complexity index is 617. The van der Waals surface area contributed by atoms with Crippen LogP contribution in [0.5, 0.6) is 0 Å². The zero-order valence-corrected chi connectivity index (χ0v) is 9.82. The molecule has 0 saturated heterocycles. The Morgan fingerprint density at radius 3 is 2.58 bits per heavy atom. The Morgan fingerprint density at radius 1 is 1.16 bits per heavy atom. The first-order valence-electron chi connectivity index (χ1n) is 5.46. The first kappa shape index (κ1) is 12.6. The van der Waals surface area contributed by atoms with Crippen molar-refractivity contribution in [1.82, 2.24) is 9.78 Å². The SMILES string of the molecule is O=C([O-])/C=C/C(=O)Nc1ccnn1-c1ccccc1. The summed E-state index contributed by atoms with van der Waals surface area (Å²) in [6.45, 7) is 0. The summed E-state index contributed by atoms with van der Waals surface area (Å²) in [5, 5.41) is 16.8. The van der Waals surface area contributed by atoms with Gasteiger partial charge in [0, 0.05) is 12.1 Å². The number of anilines is 1. The Kier molecular flexibility index (Phi) is 3.72. The van der Waals surface area contributed by atoms with E-state index in [0.29, 0.717) is 11.9 Å². The first-order valence-corrected chi connectivity index (χ1v) is 5.46. The summed E-state index contributed by atoms with van der Waals surface area (Å²) >= 11 is 0. The number of carbonyl (C=O) groups excluding carboxylic acids is 2. The van der Waals surface area contributed by atoms with E-state index in [4.69, 9.17) is 0 Å². The van der Waals surface area contributed by atoms with Crippen molar-refractivity contribution in [2.24, 2.45) is 0 Å². The van der Waals surface area contributed by atoms with Crippen LogP contribution in [0, 0.1) is 0 Å². The monoisotopic (exact) mass is 256 g/mol. The average molecular weight is 256 g/mol. The fourth-order valence-corrected chi connectivity index (χ4v) is 1.48. The smallest absolute Gasteiger partial charge is 0.249 e. The van der Waals surface area contributed by atoms with Crippen molar-refractivity contribution in [2.45, 2.75) is 0 Å². The topological polar surface area (TPSA) is 87.0 Å². The highest BCUT2D eigenvalue weighted by molar-refractivity contribution is 6.01.